The fourth-order valence-electron chi connectivity index (χ4n) is 7.92. The summed E-state index contributed by atoms with van der Waals surface area (Å²) in [5, 5.41) is 3.15. The number of hydrogen-bond donors (Lipinski definition) is 3. The molecule has 6 atom stereocenters. The van der Waals surface area contributed by atoms with Gasteiger partial charge in [-0.3, -0.25) is 10.2 Å². The summed E-state index contributed by atoms with van der Waals surface area (Å²) >= 11 is 0. The maximum absolute atomic E-state index is 13.1. The van der Waals surface area contributed by atoms with E-state index in [1.54, 1.807) is 7.11 Å². The van der Waals surface area contributed by atoms with Crippen molar-refractivity contribution >= 4 is 17.3 Å². The van der Waals surface area contributed by atoms with Crippen LogP contribution in [0.3, 0.4) is 0 Å². The van der Waals surface area contributed by atoms with Crippen molar-refractivity contribution in [2.45, 2.75) is 50.1 Å². The van der Waals surface area contributed by atoms with E-state index >= 15 is 0 Å². The number of hydrogen-bond acceptors (Lipinski definition) is 6. The second kappa shape index (κ2) is 9.00. The first-order valence-electron chi connectivity index (χ1n) is 14.2. The van der Waals surface area contributed by atoms with Gasteiger partial charge < -0.3 is 19.9 Å². The molecule has 2 saturated heterocycles. The minimum absolute atomic E-state index is 0.189. The second-order valence-electron chi connectivity index (χ2n) is 11.8. The lowest BCUT2D eigenvalue weighted by Crippen LogP contribution is -2.46. The molecule has 0 aromatic heterocycles. The van der Waals surface area contributed by atoms with Crippen molar-refractivity contribution in [2.75, 3.05) is 50.1 Å². The van der Waals surface area contributed by atoms with Gasteiger partial charge in [-0.25, -0.2) is 5.43 Å². The van der Waals surface area contributed by atoms with Gasteiger partial charge >= 0.3 is 0 Å². The standard InChI is InChI=1S/C30H39N5O2/c1-3-34-12-14-35(15-13-34)21-7-4-19(5-8-21)28-23-10-6-20(16-27(23)32-33-28)25-18-30(25)24-17-22(37-2)9-11-26(24)31-29(30)36/h4-5,7-9,11,17,20,23,25,27-28,32-33H,3,6,10,12-16,18H2,1-2H3,(H,31,36)/t20?,23?,25?,27?,28?,30-/m0/s1. The van der Waals surface area contributed by atoms with Gasteiger partial charge in [0.05, 0.1) is 18.6 Å². The van der Waals surface area contributed by atoms with E-state index in [0.717, 1.165) is 62.6 Å². The number of likely N-dealkylation sites (N-methyl/N-ethyl adjacent to an activating group) is 1. The Morgan fingerprint density at radius 2 is 1.84 bits per heavy atom. The number of ether oxygens (including phenoxy) is 1. The molecule has 5 unspecified atom stereocenters. The highest BCUT2D eigenvalue weighted by atomic mass is 16.5. The predicted molar refractivity (Wildman–Crippen MR) is 146 cm³/mol. The molecular formula is C30H39N5O2. The maximum Gasteiger partial charge on any atom is 0.235 e. The molecule has 0 bridgehead atoms. The van der Waals surface area contributed by atoms with Crippen LogP contribution in [0.25, 0.3) is 0 Å². The van der Waals surface area contributed by atoms with Crippen molar-refractivity contribution in [1.82, 2.24) is 15.8 Å². The molecule has 2 aliphatic carbocycles. The Morgan fingerprint density at radius 1 is 1.03 bits per heavy atom. The zero-order valence-corrected chi connectivity index (χ0v) is 22.0. The summed E-state index contributed by atoms with van der Waals surface area (Å²) in [5.41, 5.74) is 11.8. The third-order valence-corrected chi connectivity index (χ3v) is 10.2. The summed E-state index contributed by atoms with van der Waals surface area (Å²) in [7, 11) is 1.69. The van der Waals surface area contributed by atoms with Crippen LogP contribution >= 0.6 is 0 Å². The Labute approximate surface area is 219 Å². The zero-order valence-electron chi connectivity index (χ0n) is 22.0. The van der Waals surface area contributed by atoms with Gasteiger partial charge in [0, 0.05) is 43.6 Å². The molecule has 3 heterocycles. The van der Waals surface area contributed by atoms with Crippen LogP contribution in [0.4, 0.5) is 11.4 Å². The maximum atomic E-state index is 13.1. The molecule has 196 valence electrons. The van der Waals surface area contributed by atoms with Gasteiger partial charge in [-0.2, -0.15) is 0 Å². The van der Waals surface area contributed by atoms with E-state index in [-0.39, 0.29) is 11.3 Å². The summed E-state index contributed by atoms with van der Waals surface area (Å²) in [4.78, 5) is 18.2. The van der Waals surface area contributed by atoms with Crippen LogP contribution in [-0.2, 0) is 10.2 Å². The first kappa shape index (κ1) is 23.5. The fourth-order valence-corrected chi connectivity index (χ4v) is 7.92. The van der Waals surface area contributed by atoms with Gasteiger partial charge in [-0.15, -0.1) is 0 Å². The third-order valence-electron chi connectivity index (χ3n) is 10.2. The van der Waals surface area contributed by atoms with Crippen molar-refractivity contribution in [3.63, 3.8) is 0 Å². The summed E-state index contributed by atoms with van der Waals surface area (Å²) in [6.07, 6.45) is 4.48. The number of piperazine rings is 1. The largest absolute Gasteiger partial charge is 0.497 e. The molecule has 1 spiro atoms. The van der Waals surface area contributed by atoms with E-state index in [1.165, 1.54) is 24.1 Å². The average Bonchev–Trinajstić information content (AvgIpc) is 3.47. The normalized spacial score (nSPS) is 34.8. The molecule has 3 aliphatic heterocycles. The van der Waals surface area contributed by atoms with Crippen molar-refractivity contribution in [2.24, 2.45) is 17.8 Å². The minimum atomic E-state index is -0.342. The van der Waals surface area contributed by atoms with Crippen LogP contribution in [0.5, 0.6) is 5.75 Å². The van der Waals surface area contributed by atoms with Crippen molar-refractivity contribution in [3.8, 4) is 5.75 Å². The van der Waals surface area contributed by atoms with Crippen LogP contribution in [0.1, 0.15) is 49.8 Å². The van der Waals surface area contributed by atoms with Gasteiger partial charge in [0.25, 0.3) is 0 Å². The molecule has 7 nitrogen and oxygen atoms in total. The van der Waals surface area contributed by atoms with Crippen molar-refractivity contribution < 1.29 is 9.53 Å². The number of nitrogens with zero attached hydrogens (tertiary/aromatic N) is 2. The highest BCUT2D eigenvalue weighted by Crippen LogP contribution is 2.65. The van der Waals surface area contributed by atoms with E-state index in [2.05, 4.69) is 63.2 Å². The number of carbonyl (C=O) groups is 1. The van der Waals surface area contributed by atoms with Crippen LogP contribution in [0.15, 0.2) is 42.5 Å². The van der Waals surface area contributed by atoms with E-state index in [9.17, 15) is 4.79 Å². The smallest absolute Gasteiger partial charge is 0.235 e. The monoisotopic (exact) mass is 501 g/mol. The SMILES string of the molecule is CCN1CCN(c2ccc(C3NNC4CC(C5C[C@@]56C(=O)Nc5ccc(OC)cc56)CCC43)cc2)CC1. The van der Waals surface area contributed by atoms with Gasteiger partial charge in [-0.1, -0.05) is 19.1 Å². The minimum Gasteiger partial charge on any atom is -0.497 e. The number of carbonyl (C=O) groups excluding carboxylic acids is 1. The van der Waals surface area contributed by atoms with E-state index in [4.69, 9.17) is 4.74 Å². The number of amides is 1. The lowest BCUT2D eigenvalue weighted by molar-refractivity contribution is -0.118. The van der Waals surface area contributed by atoms with Gasteiger partial charge in [-0.05, 0) is 91.4 Å². The number of methoxy groups -OCH3 is 1. The van der Waals surface area contributed by atoms with Crippen LogP contribution in [0.2, 0.25) is 0 Å². The molecule has 4 fully saturated rings. The molecule has 1 amide bonds. The van der Waals surface area contributed by atoms with Crippen LogP contribution in [0, 0.1) is 17.8 Å². The molecule has 3 N–H and O–H groups in total. The molecule has 37 heavy (non-hydrogen) atoms. The first-order chi connectivity index (χ1) is 18.1. The molecule has 7 heteroatoms. The molecule has 2 aromatic rings. The summed E-state index contributed by atoms with van der Waals surface area (Å²) < 4.78 is 5.48. The molecule has 7 rings (SSSR count). The number of anilines is 2. The first-order valence-corrected chi connectivity index (χ1v) is 14.2. The predicted octanol–water partition coefficient (Wildman–Crippen LogP) is 3.68. The summed E-state index contributed by atoms with van der Waals surface area (Å²) in [6, 6.07) is 16.1. The molecule has 2 saturated carbocycles. The van der Waals surface area contributed by atoms with Crippen LogP contribution in [-0.4, -0.2) is 56.7 Å². The Kier molecular flexibility index (Phi) is 5.72. The van der Waals surface area contributed by atoms with E-state index < -0.39 is 0 Å². The number of fused-ring (bicyclic) bond motifs is 3. The van der Waals surface area contributed by atoms with Crippen molar-refractivity contribution in [3.05, 3.63) is 53.6 Å². The molecular weight excluding hydrogens is 462 g/mol. The van der Waals surface area contributed by atoms with Crippen LogP contribution < -0.4 is 25.8 Å². The van der Waals surface area contributed by atoms with E-state index in [0.29, 0.717) is 29.8 Å². The highest BCUT2D eigenvalue weighted by molar-refractivity contribution is 6.09. The quantitative estimate of drug-likeness (QED) is 0.581. The third kappa shape index (κ3) is 3.77. The number of benzene rings is 2. The Morgan fingerprint density at radius 3 is 2.59 bits per heavy atom. The number of nitrogens with one attached hydrogen (secondary N) is 3. The summed E-state index contributed by atoms with van der Waals surface area (Å²) in [6.45, 7) is 7.92. The lowest BCUT2D eigenvalue weighted by Gasteiger charge is -2.36. The number of rotatable bonds is 5. The van der Waals surface area contributed by atoms with E-state index in [1.807, 2.05) is 12.1 Å². The molecule has 5 aliphatic rings. The zero-order chi connectivity index (χ0) is 25.1. The van der Waals surface area contributed by atoms with Gasteiger partial charge in [0.15, 0.2) is 0 Å². The Balaban J connectivity index is 1.01. The number of hydrazine groups is 1. The highest BCUT2D eigenvalue weighted by Gasteiger charge is 2.67. The fraction of sp³-hybridized carbons (Fsp3) is 0.567. The van der Waals surface area contributed by atoms with Gasteiger partial charge in [0.1, 0.15) is 5.75 Å². The average molecular weight is 502 g/mol. The topological polar surface area (TPSA) is 68.9 Å². The lowest BCUT2D eigenvalue weighted by atomic mass is 9.72. The molecule has 2 aromatic carbocycles. The Bertz CT molecular complexity index is 1180. The van der Waals surface area contributed by atoms with Gasteiger partial charge in [0.2, 0.25) is 5.91 Å². The van der Waals surface area contributed by atoms with Crippen molar-refractivity contribution in [1.29, 1.82) is 0 Å². The summed E-state index contributed by atoms with van der Waals surface area (Å²) in [5.74, 6) is 2.61. The second-order valence-corrected chi connectivity index (χ2v) is 11.8. The Hall–Kier alpha value is -2.61. The molecule has 0 radical (unpaired) electrons.